The number of carbonyl (C=O) groups is 1. The molecule has 0 radical (unpaired) electrons. The van der Waals surface area contributed by atoms with Gasteiger partial charge in [-0.05, 0) is 18.6 Å². The first kappa shape index (κ1) is 22.1. The molecule has 1 N–H and O–H groups in total. The lowest BCUT2D eigenvalue weighted by molar-refractivity contribution is -0.138. The van der Waals surface area contributed by atoms with Crippen LogP contribution in [0.25, 0.3) is 0 Å². The summed E-state index contributed by atoms with van der Waals surface area (Å²) < 4.78 is 44.0. The lowest BCUT2D eigenvalue weighted by Crippen LogP contribution is -2.49. The van der Waals surface area contributed by atoms with E-state index in [1.165, 1.54) is 23.5 Å². The summed E-state index contributed by atoms with van der Waals surface area (Å²) >= 11 is 0. The molecule has 3 rings (SSSR count). The maximum Gasteiger partial charge on any atom is 0.421 e. The van der Waals surface area contributed by atoms with Gasteiger partial charge in [0.2, 0.25) is 0 Å². The molecular formula is C19H19F3N6O3. The number of piperazine rings is 1. The number of alkyl halides is 3. The van der Waals surface area contributed by atoms with E-state index in [9.17, 15) is 22.8 Å². The van der Waals surface area contributed by atoms with Gasteiger partial charge in [0.05, 0.1) is 12.4 Å². The third-order valence-corrected chi connectivity index (χ3v) is 4.71. The SMILES string of the molecule is CC(Cc1c[nH]c(=O)c(C(F)(F)F)c1)OC(=O)N1CCN(c2cnc(C#N)cn2)CC1. The molecule has 0 aromatic carbocycles. The Kier molecular flexibility index (Phi) is 6.43. The minimum absolute atomic E-state index is 0.0202. The highest BCUT2D eigenvalue weighted by molar-refractivity contribution is 5.68. The van der Waals surface area contributed by atoms with E-state index in [-0.39, 0.29) is 17.7 Å². The number of nitrogens with one attached hydrogen (secondary N) is 1. The fraction of sp³-hybridized carbons (Fsp3) is 0.421. The zero-order valence-electron chi connectivity index (χ0n) is 16.5. The predicted octanol–water partition coefficient (Wildman–Crippen LogP) is 1.95. The van der Waals surface area contributed by atoms with Gasteiger partial charge < -0.3 is 19.5 Å². The van der Waals surface area contributed by atoms with Crippen LogP contribution in [0.1, 0.15) is 23.7 Å². The summed E-state index contributed by atoms with van der Waals surface area (Å²) in [6.45, 7) is 3.27. The Bertz CT molecular complexity index is 1020. The molecule has 1 fully saturated rings. The van der Waals surface area contributed by atoms with Gasteiger partial charge in [-0.2, -0.15) is 18.4 Å². The zero-order chi connectivity index (χ0) is 22.6. The molecule has 2 aromatic rings. The van der Waals surface area contributed by atoms with E-state index < -0.39 is 29.5 Å². The fourth-order valence-electron chi connectivity index (χ4n) is 3.14. The van der Waals surface area contributed by atoms with Crippen molar-refractivity contribution in [3.63, 3.8) is 0 Å². The van der Waals surface area contributed by atoms with Crippen molar-refractivity contribution in [3.8, 4) is 6.07 Å². The molecule has 1 unspecified atom stereocenters. The van der Waals surface area contributed by atoms with Gasteiger partial charge in [0.25, 0.3) is 5.56 Å². The molecule has 0 aliphatic carbocycles. The third-order valence-electron chi connectivity index (χ3n) is 4.71. The molecule has 0 saturated carbocycles. The summed E-state index contributed by atoms with van der Waals surface area (Å²) in [6, 6.07) is 2.66. The second kappa shape index (κ2) is 9.03. The molecule has 164 valence electrons. The molecule has 2 aromatic heterocycles. The average Bonchev–Trinajstić information content (AvgIpc) is 2.74. The van der Waals surface area contributed by atoms with Crippen LogP contribution < -0.4 is 10.5 Å². The molecule has 12 heteroatoms. The topological polar surface area (TPSA) is 115 Å². The van der Waals surface area contributed by atoms with Crippen molar-refractivity contribution in [2.24, 2.45) is 0 Å². The maximum absolute atomic E-state index is 12.9. The van der Waals surface area contributed by atoms with Gasteiger partial charge in [-0.1, -0.05) is 0 Å². The first-order valence-corrected chi connectivity index (χ1v) is 9.39. The molecular weight excluding hydrogens is 417 g/mol. The molecule has 1 aliphatic rings. The van der Waals surface area contributed by atoms with E-state index in [0.29, 0.717) is 32.0 Å². The molecule has 0 spiro atoms. The number of carbonyl (C=O) groups excluding carboxylic acids is 1. The van der Waals surface area contributed by atoms with Gasteiger partial charge in [0.15, 0.2) is 5.69 Å². The zero-order valence-corrected chi connectivity index (χ0v) is 16.5. The smallest absolute Gasteiger partial charge is 0.421 e. The van der Waals surface area contributed by atoms with Crippen molar-refractivity contribution in [2.45, 2.75) is 25.6 Å². The highest BCUT2D eigenvalue weighted by atomic mass is 19.4. The number of halogens is 3. The number of nitrogens with zero attached hydrogens (tertiary/aromatic N) is 5. The number of hydrogen-bond donors (Lipinski definition) is 1. The number of H-pyrrole nitrogens is 1. The quantitative estimate of drug-likeness (QED) is 0.779. The number of anilines is 1. The standard InChI is InChI=1S/C19H19F3N6O3/c1-12(6-13-7-15(19(20,21)22)17(29)26-9-13)31-18(30)28-4-2-27(3-5-28)16-11-24-14(8-23)10-25-16/h7,9-12H,2-6H2,1H3,(H,26,29). The number of ether oxygens (including phenoxy) is 1. The van der Waals surface area contributed by atoms with Crippen LogP contribution in [-0.4, -0.2) is 58.2 Å². The average molecular weight is 436 g/mol. The predicted molar refractivity (Wildman–Crippen MR) is 102 cm³/mol. The molecule has 1 saturated heterocycles. The number of aromatic nitrogens is 3. The second-order valence-electron chi connectivity index (χ2n) is 6.99. The van der Waals surface area contributed by atoms with Crippen molar-refractivity contribution >= 4 is 11.9 Å². The van der Waals surface area contributed by atoms with Crippen molar-refractivity contribution in [1.82, 2.24) is 19.9 Å². The third kappa shape index (κ3) is 5.50. The van der Waals surface area contributed by atoms with Crippen LogP contribution in [0.3, 0.4) is 0 Å². The Labute approximate surface area is 175 Å². The molecule has 1 atom stereocenters. The van der Waals surface area contributed by atoms with Crippen molar-refractivity contribution in [2.75, 3.05) is 31.1 Å². The Morgan fingerprint density at radius 3 is 2.58 bits per heavy atom. The number of nitriles is 1. The molecule has 9 nitrogen and oxygen atoms in total. The Morgan fingerprint density at radius 2 is 2.00 bits per heavy atom. The largest absolute Gasteiger partial charge is 0.446 e. The van der Waals surface area contributed by atoms with E-state index >= 15 is 0 Å². The second-order valence-corrected chi connectivity index (χ2v) is 6.99. The highest BCUT2D eigenvalue weighted by Crippen LogP contribution is 2.27. The summed E-state index contributed by atoms with van der Waals surface area (Å²) in [5.41, 5.74) is -2.09. The van der Waals surface area contributed by atoms with Gasteiger partial charge >= 0.3 is 12.3 Å². The summed E-state index contributed by atoms with van der Waals surface area (Å²) in [4.78, 5) is 37.4. The van der Waals surface area contributed by atoms with Crippen LogP contribution in [0.5, 0.6) is 0 Å². The monoisotopic (exact) mass is 436 g/mol. The summed E-state index contributed by atoms with van der Waals surface area (Å²) in [7, 11) is 0. The summed E-state index contributed by atoms with van der Waals surface area (Å²) in [5.74, 6) is 0.596. The Hall–Kier alpha value is -3.62. The van der Waals surface area contributed by atoms with Crippen molar-refractivity contribution in [3.05, 3.63) is 51.8 Å². The summed E-state index contributed by atoms with van der Waals surface area (Å²) in [5, 5.41) is 8.77. The van der Waals surface area contributed by atoms with E-state index in [1.54, 1.807) is 6.92 Å². The molecule has 31 heavy (non-hydrogen) atoms. The first-order valence-electron chi connectivity index (χ1n) is 9.39. The number of rotatable bonds is 4. The number of amides is 1. The number of aromatic amines is 1. The number of hydrogen-bond acceptors (Lipinski definition) is 7. The van der Waals surface area contributed by atoms with Gasteiger partial charge in [-0.15, -0.1) is 0 Å². The van der Waals surface area contributed by atoms with Gasteiger partial charge in [-0.25, -0.2) is 14.8 Å². The van der Waals surface area contributed by atoms with Crippen LogP contribution in [0.15, 0.2) is 29.5 Å². The van der Waals surface area contributed by atoms with E-state index in [0.717, 1.165) is 6.07 Å². The van der Waals surface area contributed by atoms with Crippen molar-refractivity contribution < 1.29 is 22.7 Å². The lowest BCUT2D eigenvalue weighted by atomic mass is 10.1. The van der Waals surface area contributed by atoms with Crippen LogP contribution in [0.4, 0.5) is 23.8 Å². The fourth-order valence-corrected chi connectivity index (χ4v) is 3.14. The van der Waals surface area contributed by atoms with Crippen LogP contribution in [0.2, 0.25) is 0 Å². The normalized spacial score (nSPS) is 15.3. The van der Waals surface area contributed by atoms with E-state index in [4.69, 9.17) is 10.00 Å². The lowest BCUT2D eigenvalue weighted by Gasteiger charge is -2.35. The van der Waals surface area contributed by atoms with E-state index in [1.807, 2.05) is 11.0 Å². The minimum Gasteiger partial charge on any atom is -0.446 e. The highest BCUT2D eigenvalue weighted by Gasteiger charge is 2.34. The van der Waals surface area contributed by atoms with E-state index in [2.05, 4.69) is 15.0 Å². The number of pyridine rings is 1. The van der Waals surface area contributed by atoms with Crippen LogP contribution in [0, 0.1) is 11.3 Å². The Balaban J connectivity index is 1.53. The van der Waals surface area contributed by atoms with Gasteiger partial charge in [-0.3, -0.25) is 4.79 Å². The van der Waals surface area contributed by atoms with Crippen LogP contribution in [-0.2, 0) is 17.3 Å². The maximum atomic E-state index is 12.9. The minimum atomic E-state index is -4.76. The Morgan fingerprint density at radius 1 is 1.29 bits per heavy atom. The van der Waals surface area contributed by atoms with Crippen molar-refractivity contribution in [1.29, 1.82) is 5.26 Å². The molecule has 1 aliphatic heterocycles. The van der Waals surface area contributed by atoms with Crippen LogP contribution >= 0.6 is 0 Å². The first-order chi connectivity index (χ1) is 14.7. The summed E-state index contributed by atoms with van der Waals surface area (Å²) in [6.07, 6.45) is -1.96. The molecule has 1 amide bonds. The molecule has 3 heterocycles. The molecule has 0 bridgehead atoms. The van der Waals surface area contributed by atoms with Gasteiger partial charge in [0.1, 0.15) is 23.6 Å². The van der Waals surface area contributed by atoms with Gasteiger partial charge in [0, 0.05) is 38.8 Å².